The fourth-order valence-corrected chi connectivity index (χ4v) is 3.36. The van der Waals surface area contributed by atoms with Crippen LogP contribution < -0.4 is 5.73 Å². The molecule has 0 saturated heterocycles. The lowest BCUT2D eigenvalue weighted by Gasteiger charge is -2.22. The van der Waals surface area contributed by atoms with Crippen molar-refractivity contribution in [2.45, 2.75) is 25.9 Å². The minimum absolute atomic E-state index is 0.102. The van der Waals surface area contributed by atoms with Crippen LogP contribution >= 0.6 is 27.3 Å². The maximum Gasteiger partial charge on any atom is 0.0327 e. The zero-order valence-electron chi connectivity index (χ0n) is 11.8. The van der Waals surface area contributed by atoms with Crippen LogP contribution in [-0.4, -0.2) is 18.0 Å². The van der Waals surface area contributed by atoms with Gasteiger partial charge in [-0.1, -0.05) is 41.1 Å². The summed E-state index contributed by atoms with van der Waals surface area (Å²) in [5, 5.41) is 2.14. The molecule has 0 aliphatic carbocycles. The molecule has 2 nitrogen and oxygen atoms in total. The van der Waals surface area contributed by atoms with E-state index < -0.39 is 0 Å². The Bertz CT molecular complexity index is 513. The van der Waals surface area contributed by atoms with Crippen LogP contribution in [0.2, 0.25) is 0 Å². The summed E-state index contributed by atoms with van der Waals surface area (Å²) in [6.07, 6.45) is 0.982. The summed E-state index contributed by atoms with van der Waals surface area (Å²) < 4.78 is 1.09. The van der Waals surface area contributed by atoms with Crippen LogP contribution in [0.15, 0.2) is 46.3 Å². The van der Waals surface area contributed by atoms with Crippen LogP contribution in [0.3, 0.4) is 0 Å². The Balaban J connectivity index is 1.86. The molecule has 2 N–H and O–H groups in total. The molecule has 4 heteroatoms. The van der Waals surface area contributed by atoms with E-state index in [9.17, 15) is 0 Å². The molecule has 1 heterocycles. The molecule has 0 radical (unpaired) electrons. The Morgan fingerprint density at radius 3 is 2.80 bits per heavy atom. The third-order valence-electron chi connectivity index (χ3n) is 3.44. The number of rotatable bonds is 7. The number of nitrogens with zero attached hydrogens (tertiary/aromatic N) is 1. The van der Waals surface area contributed by atoms with Crippen molar-refractivity contribution in [2.75, 3.05) is 13.1 Å². The fraction of sp³-hybridized carbons (Fsp3) is 0.375. The molecule has 0 bridgehead atoms. The first-order valence-corrected chi connectivity index (χ1v) is 8.62. The summed E-state index contributed by atoms with van der Waals surface area (Å²) in [4.78, 5) is 3.87. The first-order chi connectivity index (χ1) is 9.69. The topological polar surface area (TPSA) is 29.3 Å². The number of hydrogen-bond donors (Lipinski definition) is 1. The molecule has 1 aromatic carbocycles. The number of nitrogens with two attached hydrogens (primary N) is 1. The summed E-state index contributed by atoms with van der Waals surface area (Å²) >= 11 is 5.32. The van der Waals surface area contributed by atoms with Gasteiger partial charge in [0, 0.05) is 28.5 Å². The minimum Gasteiger partial charge on any atom is -0.324 e. The van der Waals surface area contributed by atoms with Crippen molar-refractivity contribution in [3.63, 3.8) is 0 Å². The van der Waals surface area contributed by atoms with Crippen molar-refractivity contribution in [2.24, 2.45) is 5.73 Å². The SMILES string of the molecule is CCN(CCC(N)c1cccc(Br)c1)Cc1cccs1. The molecule has 108 valence electrons. The van der Waals surface area contributed by atoms with Gasteiger partial charge in [-0.15, -0.1) is 11.3 Å². The van der Waals surface area contributed by atoms with Crippen molar-refractivity contribution in [3.05, 3.63) is 56.7 Å². The second-order valence-corrected chi connectivity index (χ2v) is 6.85. The number of hydrogen-bond acceptors (Lipinski definition) is 3. The van der Waals surface area contributed by atoms with Crippen molar-refractivity contribution in [1.29, 1.82) is 0 Å². The summed E-state index contributed by atoms with van der Waals surface area (Å²) in [6, 6.07) is 12.7. The van der Waals surface area contributed by atoms with Crippen molar-refractivity contribution >= 4 is 27.3 Å². The van der Waals surface area contributed by atoms with Gasteiger partial charge in [0.15, 0.2) is 0 Å². The molecule has 1 atom stereocenters. The normalized spacial score (nSPS) is 12.8. The zero-order valence-corrected chi connectivity index (χ0v) is 14.2. The Morgan fingerprint density at radius 2 is 2.15 bits per heavy atom. The lowest BCUT2D eigenvalue weighted by molar-refractivity contribution is 0.270. The monoisotopic (exact) mass is 352 g/mol. The highest BCUT2D eigenvalue weighted by Gasteiger charge is 2.10. The smallest absolute Gasteiger partial charge is 0.0327 e. The van der Waals surface area contributed by atoms with E-state index in [1.807, 2.05) is 23.5 Å². The highest BCUT2D eigenvalue weighted by molar-refractivity contribution is 9.10. The van der Waals surface area contributed by atoms with E-state index in [1.54, 1.807) is 0 Å². The highest BCUT2D eigenvalue weighted by atomic mass is 79.9. The van der Waals surface area contributed by atoms with Gasteiger partial charge in [-0.2, -0.15) is 0 Å². The summed E-state index contributed by atoms with van der Waals surface area (Å²) in [5.41, 5.74) is 7.50. The van der Waals surface area contributed by atoms with Gasteiger partial charge in [0.25, 0.3) is 0 Å². The van der Waals surface area contributed by atoms with Crippen molar-refractivity contribution in [3.8, 4) is 0 Å². The Morgan fingerprint density at radius 1 is 1.30 bits per heavy atom. The molecular formula is C16H21BrN2S. The molecule has 0 saturated carbocycles. The zero-order chi connectivity index (χ0) is 14.4. The molecule has 1 aromatic heterocycles. The maximum absolute atomic E-state index is 6.30. The highest BCUT2D eigenvalue weighted by Crippen LogP contribution is 2.20. The second kappa shape index (κ2) is 7.93. The first kappa shape index (κ1) is 15.7. The Hall–Kier alpha value is -0.680. The van der Waals surface area contributed by atoms with E-state index in [2.05, 4.69) is 57.4 Å². The predicted octanol–water partition coefficient (Wildman–Crippen LogP) is 4.42. The Labute approximate surface area is 133 Å². The van der Waals surface area contributed by atoms with Gasteiger partial charge >= 0.3 is 0 Å². The molecule has 2 aromatic rings. The Kier molecular flexibility index (Phi) is 6.23. The maximum atomic E-state index is 6.30. The van der Waals surface area contributed by atoms with Gasteiger partial charge in [0.05, 0.1) is 0 Å². The lowest BCUT2D eigenvalue weighted by atomic mass is 10.0. The molecule has 0 spiro atoms. The van der Waals surface area contributed by atoms with Gasteiger partial charge < -0.3 is 5.73 Å². The van der Waals surface area contributed by atoms with Crippen LogP contribution in [-0.2, 0) is 6.54 Å². The van der Waals surface area contributed by atoms with Crippen molar-refractivity contribution in [1.82, 2.24) is 4.90 Å². The molecule has 0 amide bonds. The quantitative estimate of drug-likeness (QED) is 0.798. The van der Waals surface area contributed by atoms with E-state index in [0.29, 0.717) is 0 Å². The van der Waals surface area contributed by atoms with E-state index in [-0.39, 0.29) is 6.04 Å². The van der Waals surface area contributed by atoms with Gasteiger partial charge in [-0.3, -0.25) is 4.90 Å². The lowest BCUT2D eigenvalue weighted by Crippen LogP contribution is -2.26. The molecule has 0 aliphatic rings. The third kappa shape index (κ3) is 4.70. The van der Waals surface area contributed by atoms with E-state index >= 15 is 0 Å². The van der Waals surface area contributed by atoms with Crippen LogP contribution in [0.25, 0.3) is 0 Å². The number of thiophene rings is 1. The molecule has 1 unspecified atom stereocenters. The largest absolute Gasteiger partial charge is 0.324 e. The van der Waals surface area contributed by atoms with Crippen LogP contribution in [0.5, 0.6) is 0 Å². The van der Waals surface area contributed by atoms with Crippen LogP contribution in [0.1, 0.15) is 29.8 Å². The summed E-state index contributed by atoms with van der Waals surface area (Å²) in [5.74, 6) is 0. The average molecular weight is 353 g/mol. The number of benzene rings is 1. The van der Waals surface area contributed by atoms with Crippen molar-refractivity contribution < 1.29 is 0 Å². The molecule has 20 heavy (non-hydrogen) atoms. The minimum atomic E-state index is 0.102. The van der Waals surface area contributed by atoms with E-state index in [1.165, 1.54) is 10.4 Å². The molecule has 0 aliphatic heterocycles. The van der Waals surface area contributed by atoms with Crippen LogP contribution in [0, 0.1) is 0 Å². The molecule has 0 fully saturated rings. The van der Waals surface area contributed by atoms with E-state index in [0.717, 1.165) is 30.5 Å². The van der Waals surface area contributed by atoms with Gasteiger partial charge in [-0.05, 0) is 42.1 Å². The van der Waals surface area contributed by atoms with Gasteiger partial charge in [0.1, 0.15) is 0 Å². The fourth-order valence-electron chi connectivity index (χ4n) is 2.20. The average Bonchev–Trinajstić information content (AvgIpc) is 2.96. The summed E-state index contributed by atoms with van der Waals surface area (Å²) in [6.45, 7) is 5.32. The number of halogens is 1. The van der Waals surface area contributed by atoms with Gasteiger partial charge in [0.2, 0.25) is 0 Å². The second-order valence-electron chi connectivity index (χ2n) is 4.90. The first-order valence-electron chi connectivity index (χ1n) is 6.95. The van der Waals surface area contributed by atoms with E-state index in [4.69, 9.17) is 5.73 Å². The molecule has 2 rings (SSSR count). The predicted molar refractivity (Wildman–Crippen MR) is 91.0 cm³/mol. The third-order valence-corrected chi connectivity index (χ3v) is 4.79. The standard InChI is InChI=1S/C16H21BrN2S/c1-2-19(12-15-7-4-10-20-15)9-8-16(18)13-5-3-6-14(17)11-13/h3-7,10-11,16H,2,8-9,12,18H2,1H3. The van der Waals surface area contributed by atoms with Gasteiger partial charge in [-0.25, -0.2) is 0 Å². The summed E-state index contributed by atoms with van der Waals surface area (Å²) in [7, 11) is 0. The van der Waals surface area contributed by atoms with Crippen LogP contribution in [0.4, 0.5) is 0 Å². The molecular weight excluding hydrogens is 332 g/mol.